The maximum atomic E-state index is 12.7. The van der Waals surface area contributed by atoms with Crippen LogP contribution in [0.4, 0.5) is 5.69 Å². The number of amides is 1. The Balaban J connectivity index is 1.20. The smallest absolute Gasteiger partial charge is 0.254 e. The molecule has 0 saturated carbocycles. The number of H-pyrrole nitrogens is 1. The molecular weight excluding hydrogens is 456 g/mol. The number of nitrogens with zero attached hydrogens (tertiary/aromatic N) is 6. The van der Waals surface area contributed by atoms with Gasteiger partial charge in [0, 0.05) is 42.3 Å². The van der Waals surface area contributed by atoms with Gasteiger partial charge in [-0.3, -0.25) is 9.89 Å². The van der Waals surface area contributed by atoms with Crippen molar-refractivity contribution in [2.45, 2.75) is 18.9 Å². The summed E-state index contributed by atoms with van der Waals surface area (Å²) in [4.78, 5) is 16.9. The number of ether oxygens (including phenoxy) is 1. The van der Waals surface area contributed by atoms with Crippen molar-refractivity contribution in [1.82, 2.24) is 35.0 Å². The summed E-state index contributed by atoms with van der Waals surface area (Å²) < 4.78 is 7.05. The van der Waals surface area contributed by atoms with Gasteiger partial charge < -0.3 is 19.9 Å². The molecule has 10 heteroatoms. The van der Waals surface area contributed by atoms with Gasteiger partial charge in [0.05, 0.1) is 30.6 Å². The van der Waals surface area contributed by atoms with Crippen LogP contribution in [0.25, 0.3) is 28.0 Å². The number of carbonyl (C=O) groups is 1. The van der Waals surface area contributed by atoms with Gasteiger partial charge in [-0.05, 0) is 68.9 Å². The second-order valence-electron chi connectivity index (χ2n) is 9.58. The predicted octanol–water partition coefficient (Wildman–Crippen LogP) is 2.79. The first kappa shape index (κ1) is 22.7. The Kier molecular flexibility index (Phi) is 6.12. The predicted molar refractivity (Wildman–Crippen MR) is 137 cm³/mol. The van der Waals surface area contributed by atoms with Crippen molar-refractivity contribution in [2.24, 2.45) is 0 Å². The number of carbonyl (C=O) groups excluding carboxylic acids is 1. The van der Waals surface area contributed by atoms with Gasteiger partial charge in [-0.1, -0.05) is 5.21 Å². The van der Waals surface area contributed by atoms with Gasteiger partial charge in [-0.15, -0.1) is 5.10 Å². The SMILES string of the molecule is CN1CCCC(Nc2ccc3[nH]nc(-c4cn(-c5ccc(C(=O)N6CCOCC6)cc5)nn4)c3c2)C1. The number of benzene rings is 2. The quantitative estimate of drug-likeness (QED) is 0.447. The molecule has 6 rings (SSSR count). The molecule has 186 valence electrons. The van der Waals surface area contributed by atoms with E-state index in [1.807, 2.05) is 35.4 Å². The zero-order valence-corrected chi connectivity index (χ0v) is 20.4. The fourth-order valence-electron chi connectivity index (χ4n) is 5.02. The molecule has 10 nitrogen and oxygen atoms in total. The highest BCUT2D eigenvalue weighted by molar-refractivity contribution is 5.95. The number of likely N-dealkylation sites (N-methyl/N-ethyl adjacent to an activating group) is 1. The number of aromatic amines is 1. The second kappa shape index (κ2) is 9.71. The first-order valence-electron chi connectivity index (χ1n) is 12.5. The molecule has 36 heavy (non-hydrogen) atoms. The average Bonchev–Trinajstić information content (AvgIpc) is 3.56. The van der Waals surface area contributed by atoms with E-state index < -0.39 is 0 Å². The number of rotatable bonds is 5. The molecule has 4 heterocycles. The zero-order chi connectivity index (χ0) is 24.5. The number of hydrogen-bond acceptors (Lipinski definition) is 7. The minimum atomic E-state index is 0.0245. The largest absolute Gasteiger partial charge is 0.381 e. The van der Waals surface area contributed by atoms with Crippen LogP contribution in [0.5, 0.6) is 0 Å². The summed E-state index contributed by atoms with van der Waals surface area (Å²) in [5.74, 6) is 0.0245. The third-order valence-corrected chi connectivity index (χ3v) is 6.97. The molecule has 0 aliphatic carbocycles. The third kappa shape index (κ3) is 4.57. The van der Waals surface area contributed by atoms with Crippen LogP contribution in [0.2, 0.25) is 0 Å². The van der Waals surface area contributed by atoms with E-state index in [0.29, 0.717) is 43.6 Å². The summed E-state index contributed by atoms with van der Waals surface area (Å²) in [5, 5.41) is 21.0. The standard InChI is InChI=1S/C26H30N8O2/c1-32-10-2-3-20(16-32)27-19-6-9-23-22(15-19)25(30-28-23)24-17-34(31-29-24)21-7-4-18(5-8-21)26(35)33-11-13-36-14-12-33/h4-9,15,17,20,27H,2-3,10-14,16H2,1H3,(H,28,30). The van der Waals surface area contributed by atoms with Gasteiger partial charge in [0.1, 0.15) is 11.4 Å². The number of aromatic nitrogens is 5. The van der Waals surface area contributed by atoms with Crippen molar-refractivity contribution in [2.75, 3.05) is 51.8 Å². The highest BCUT2D eigenvalue weighted by Crippen LogP contribution is 2.28. The van der Waals surface area contributed by atoms with Gasteiger partial charge in [0.2, 0.25) is 0 Å². The van der Waals surface area contributed by atoms with Gasteiger partial charge in [0.15, 0.2) is 0 Å². The molecule has 0 radical (unpaired) electrons. The van der Waals surface area contributed by atoms with Crippen molar-refractivity contribution in [3.05, 3.63) is 54.2 Å². The number of nitrogens with one attached hydrogen (secondary N) is 2. The second-order valence-corrected chi connectivity index (χ2v) is 9.58. The van der Waals surface area contributed by atoms with E-state index >= 15 is 0 Å². The summed E-state index contributed by atoms with van der Waals surface area (Å²) in [6.45, 7) is 4.62. The number of piperidine rings is 1. The van der Waals surface area contributed by atoms with Crippen molar-refractivity contribution >= 4 is 22.5 Å². The molecule has 1 unspecified atom stereocenters. The molecule has 2 fully saturated rings. The minimum Gasteiger partial charge on any atom is -0.381 e. The summed E-state index contributed by atoms with van der Waals surface area (Å²) >= 11 is 0. The van der Waals surface area contributed by atoms with Gasteiger partial charge >= 0.3 is 0 Å². The first-order chi connectivity index (χ1) is 17.6. The number of fused-ring (bicyclic) bond motifs is 1. The number of morpholine rings is 1. The maximum absolute atomic E-state index is 12.7. The molecule has 4 aromatic rings. The van der Waals surface area contributed by atoms with Crippen LogP contribution < -0.4 is 5.32 Å². The number of hydrogen-bond donors (Lipinski definition) is 2. The Morgan fingerprint density at radius 2 is 1.94 bits per heavy atom. The summed E-state index contributed by atoms with van der Waals surface area (Å²) in [6, 6.07) is 14.2. The lowest BCUT2D eigenvalue weighted by Crippen LogP contribution is -2.40. The lowest BCUT2D eigenvalue weighted by atomic mass is 10.1. The monoisotopic (exact) mass is 486 g/mol. The van der Waals surface area contributed by atoms with Crippen LogP contribution in [0.15, 0.2) is 48.7 Å². The maximum Gasteiger partial charge on any atom is 0.254 e. The van der Waals surface area contributed by atoms with Crippen molar-refractivity contribution in [3.8, 4) is 17.1 Å². The Labute approximate surface area is 209 Å². The number of anilines is 1. The minimum absolute atomic E-state index is 0.0245. The van der Waals surface area contributed by atoms with Crippen LogP contribution in [-0.2, 0) is 4.74 Å². The van der Waals surface area contributed by atoms with Crippen LogP contribution in [-0.4, -0.2) is 93.4 Å². The van der Waals surface area contributed by atoms with E-state index in [4.69, 9.17) is 4.74 Å². The van der Waals surface area contributed by atoms with Crippen LogP contribution in [0, 0.1) is 0 Å². The Bertz CT molecular complexity index is 1360. The molecule has 2 aromatic heterocycles. The Morgan fingerprint density at radius 1 is 1.11 bits per heavy atom. The fourth-order valence-corrected chi connectivity index (χ4v) is 5.02. The van der Waals surface area contributed by atoms with Gasteiger partial charge in [0.25, 0.3) is 5.91 Å². The van der Waals surface area contributed by atoms with Crippen LogP contribution >= 0.6 is 0 Å². The van der Waals surface area contributed by atoms with Gasteiger partial charge in [-0.2, -0.15) is 5.10 Å². The molecule has 2 N–H and O–H groups in total. The van der Waals surface area contributed by atoms with Gasteiger partial charge in [-0.25, -0.2) is 4.68 Å². The van der Waals surface area contributed by atoms with Crippen molar-refractivity contribution in [1.29, 1.82) is 0 Å². The highest BCUT2D eigenvalue weighted by Gasteiger charge is 2.20. The molecule has 0 spiro atoms. The summed E-state index contributed by atoms with van der Waals surface area (Å²) in [6.07, 6.45) is 4.25. The van der Waals surface area contributed by atoms with E-state index in [1.54, 1.807) is 4.68 Å². The van der Waals surface area contributed by atoms with E-state index in [2.05, 4.69) is 56.0 Å². The molecule has 1 atom stereocenters. The molecule has 2 aliphatic rings. The molecular formula is C26H30N8O2. The fraction of sp³-hybridized carbons (Fsp3) is 0.385. The zero-order valence-electron chi connectivity index (χ0n) is 20.4. The highest BCUT2D eigenvalue weighted by atomic mass is 16.5. The third-order valence-electron chi connectivity index (χ3n) is 6.97. The van der Waals surface area contributed by atoms with E-state index in [0.717, 1.165) is 41.1 Å². The first-order valence-corrected chi connectivity index (χ1v) is 12.5. The normalized spacial score (nSPS) is 19.0. The molecule has 0 bridgehead atoms. The number of likely N-dealkylation sites (tertiary alicyclic amines) is 1. The van der Waals surface area contributed by atoms with E-state index in [1.165, 1.54) is 12.8 Å². The topological polar surface area (TPSA) is 104 Å². The average molecular weight is 487 g/mol. The Hall–Kier alpha value is -3.76. The summed E-state index contributed by atoms with van der Waals surface area (Å²) in [5.41, 5.74) is 4.97. The lowest BCUT2D eigenvalue weighted by Gasteiger charge is -2.30. The molecule has 2 saturated heterocycles. The van der Waals surface area contributed by atoms with Crippen molar-refractivity contribution < 1.29 is 9.53 Å². The van der Waals surface area contributed by atoms with Crippen LogP contribution in [0.1, 0.15) is 23.2 Å². The molecule has 2 aromatic carbocycles. The molecule has 2 aliphatic heterocycles. The van der Waals surface area contributed by atoms with Crippen LogP contribution in [0.3, 0.4) is 0 Å². The van der Waals surface area contributed by atoms with Crippen molar-refractivity contribution in [3.63, 3.8) is 0 Å². The lowest BCUT2D eigenvalue weighted by molar-refractivity contribution is 0.0303. The Morgan fingerprint density at radius 3 is 2.75 bits per heavy atom. The van der Waals surface area contributed by atoms with E-state index in [9.17, 15) is 4.79 Å². The molecule has 1 amide bonds. The summed E-state index contributed by atoms with van der Waals surface area (Å²) in [7, 11) is 2.17. The van der Waals surface area contributed by atoms with E-state index in [-0.39, 0.29) is 5.91 Å².